The van der Waals surface area contributed by atoms with Gasteiger partial charge in [0, 0.05) is 30.4 Å². The minimum atomic E-state index is -0.0438. The standard InChI is InChI=1S/C21H23NO2/c1-16-7-9-17(10-8-16)19(23)11-12-20(24)22-15-21(13-14-21)18-5-3-2-4-6-18/h2-10H,11-15H2,1H3,(H,22,24). The average molecular weight is 321 g/mol. The lowest BCUT2D eigenvalue weighted by Crippen LogP contribution is -2.32. The van der Waals surface area contributed by atoms with E-state index in [0.29, 0.717) is 12.1 Å². The van der Waals surface area contributed by atoms with Crippen LogP contribution in [0.3, 0.4) is 0 Å². The van der Waals surface area contributed by atoms with Crippen molar-refractivity contribution in [3.05, 3.63) is 71.3 Å². The Hall–Kier alpha value is -2.42. The van der Waals surface area contributed by atoms with E-state index < -0.39 is 0 Å². The number of benzene rings is 2. The first kappa shape index (κ1) is 16.4. The van der Waals surface area contributed by atoms with E-state index >= 15 is 0 Å². The highest BCUT2D eigenvalue weighted by molar-refractivity contribution is 5.97. The van der Waals surface area contributed by atoms with Gasteiger partial charge in [0.15, 0.2) is 5.78 Å². The molecule has 2 aromatic rings. The second kappa shape index (κ2) is 7.00. The van der Waals surface area contributed by atoms with E-state index in [1.54, 1.807) is 0 Å². The molecule has 3 heteroatoms. The fraction of sp³-hybridized carbons (Fsp3) is 0.333. The van der Waals surface area contributed by atoms with Gasteiger partial charge < -0.3 is 5.32 Å². The van der Waals surface area contributed by atoms with Crippen LogP contribution in [0.25, 0.3) is 0 Å². The van der Waals surface area contributed by atoms with Gasteiger partial charge in [-0.05, 0) is 25.3 Å². The van der Waals surface area contributed by atoms with E-state index in [1.165, 1.54) is 5.56 Å². The maximum Gasteiger partial charge on any atom is 0.220 e. The lowest BCUT2D eigenvalue weighted by molar-refractivity contribution is -0.121. The zero-order chi connectivity index (χ0) is 17.0. The molecule has 3 nitrogen and oxygen atoms in total. The Kier molecular flexibility index (Phi) is 4.79. The summed E-state index contributed by atoms with van der Waals surface area (Å²) in [5.41, 5.74) is 3.20. The van der Waals surface area contributed by atoms with Crippen LogP contribution < -0.4 is 5.32 Å². The number of Topliss-reactive ketones (excluding diaryl/α,β-unsaturated/α-hetero) is 1. The van der Waals surface area contributed by atoms with E-state index in [-0.39, 0.29) is 29.9 Å². The molecule has 0 heterocycles. The van der Waals surface area contributed by atoms with Crippen molar-refractivity contribution in [2.75, 3.05) is 6.54 Å². The molecule has 1 N–H and O–H groups in total. The summed E-state index contributed by atoms with van der Waals surface area (Å²) in [6.07, 6.45) is 2.73. The molecule has 0 saturated heterocycles. The minimum absolute atomic E-state index is 0.0225. The molecule has 24 heavy (non-hydrogen) atoms. The number of hydrogen-bond donors (Lipinski definition) is 1. The summed E-state index contributed by atoms with van der Waals surface area (Å²) in [5, 5.41) is 3.01. The molecule has 1 saturated carbocycles. The normalized spacial score (nSPS) is 14.9. The number of carbonyl (C=O) groups is 2. The SMILES string of the molecule is Cc1ccc(C(=O)CCC(=O)NCC2(c3ccccc3)CC2)cc1. The predicted octanol–water partition coefficient (Wildman–Crippen LogP) is 3.81. The summed E-state index contributed by atoms with van der Waals surface area (Å²) < 4.78 is 0. The molecule has 1 fully saturated rings. The van der Waals surface area contributed by atoms with Gasteiger partial charge >= 0.3 is 0 Å². The Morgan fingerprint density at radius 1 is 0.958 bits per heavy atom. The van der Waals surface area contributed by atoms with E-state index in [9.17, 15) is 9.59 Å². The van der Waals surface area contributed by atoms with Gasteiger partial charge in [0.05, 0.1) is 0 Å². The predicted molar refractivity (Wildman–Crippen MR) is 95.1 cm³/mol. The van der Waals surface area contributed by atoms with Gasteiger partial charge in [-0.1, -0.05) is 60.2 Å². The maximum atomic E-state index is 12.1. The molecule has 3 rings (SSSR count). The molecule has 0 aromatic heterocycles. The van der Waals surface area contributed by atoms with Crippen LogP contribution in [0.4, 0.5) is 0 Å². The van der Waals surface area contributed by atoms with E-state index in [2.05, 4.69) is 17.4 Å². The molecule has 0 radical (unpaired) electrons. The molecule has 0 spiro atoms. The molecule has 1 aliphatic carbocycles. The molecule has 0 bridgehead atoms. The van der Waals surface area contributed by atoms with Gasteiger partial charge in [-0.3, -0.25) is 9.59 Å². The summed E-state index contributed by atoms with van der Waals surface area (Å²) in [6, 6.07) is 17.8. The number of carbonyl (C=O) groups excluding carboxylic acids is 2. The summed E-state index contributed by atoms with van der Waals surface area (Å²) >= 11 is 0. The third-order valence-corrected chi connectivity index (χ3v) is 4.82. The highest BCUT2D eigenvalue weighted by Crippen LogP contribution is 2.47. The van der Waals surface area contributed by atoms with Crippen LogP contribution in [0.2, 0.25) is 0 Å². The van der Waals surface area contributed by atoms with Gasteiger partial charge in [-0.25, -0.2) is 0 Å². The van der Waals surface area contributed by atoms with Crippen LogP contribution in [-0.4, -0.2) is 18.2 Å². The first-order valence-electron chi connectivity index (χ1n) is 8.51. The topological polar surface area (TPSA) is 46.2 Å². The zero-order valence-electron chi connectivity index (χ0n) is 14.0. The van der Waals surface area contributed by atoms with Gasteiger partial charge in [0.1, 0.15) is 0 Å². The number of rotatable bonds is 7. The second-order valence-corrected chi connectivity index (χ2v) is 6.71. The number of aryl methyl sites for hydroxylation is 1. The molecule has 2 aromatic carbocycles. The number of nitrogens with one attached hydrogen (secondary N) is 1. The Balaban J connectivity index is 1.46. The molecular weight excluding hydrogens is 298 g/mol. The second-order valence-electron chi connectivity index (χ2n) is 6.71. The van der Waals surface area contributed by atoms with Crippen molar-refractivity contribution in [3.63, 3.8) is 0 Å². The van der Waals surface area contributed by atoms with Gasteiger partial charge in [-0.15, -0.1) is 0 Å². The van der Waals surface area contributed by atoms with Crippen molar-refractivity contribution < 1.29 is 9.59 Å². The third kappa shape index (κ3) is 3.91. The fourth-order valence-corrected chi connectivity index (χ4v) is 2.98. The zero-order valence-corrected chi connectivity index (χ0v) is 14.0. The van der Waals surface area contributed by atoms with Crippen molar-refractivity contribution in [3.8, 4) is 0 Å². The highest BCUT2D eigenvalue weighted by atomic mass is 16.2. The largest absolute Gasteiger partial charge is 0.355 e. The molecule has 0 unspecified atom stereocenters. The van der Waals surface area contributed by atoms with Crippen LogP contribution >= 0.6 is 0 Å². The molecule has 124 valence electrons. The first-order chi connectivity index (χ1) is 11.6. The smallest absolute Gasteiger partial charge is 0.220 e. The average Bonchev–Trinajstić information content (AvgIpc) is 3.40. The van der Waals surface area contributed by atoms with Crippen molar-refractivity contribution in [2.24, 2.45) is 0 Å². The fourth-order valence-electron chi connectivity index (χ4n) is 2.98. The van der Waals surface area contributed by atoms with Crippen molar-refractivity contribution in [2.45, 2.75) is 38.0 Å². The van der Waals surface area contributed by atoms with E-state index in [1.807, 2.05) is 49.4 Å². The Morgan fingerprint density at radius 3 is 2.25 bits per heavy atom. The summed E-state index contributed by atoms with van der Waals surface area (Å²) in [4.78, 5) is 24.2. The number of hydrogen-bond acceptors (Lipinski definition) is 2. The quantitative estimate of drug-likeness (QED) is 0.788. The number of amides is 1. The molecule has 1 aliphatic rings. The first-order valence-corrected chi connectivity index (χ1v) is 8.51. The Morgan fingerprint density at radius 2 is 1.62 bits per heavy atom. The Bertz CT molecular complexity index is 715. The maximum absolute atomic E-state index is 12.1. The molecule has 1 amide bonds. The summed E-state index contributed by atoms with van der Waals surface area (Å²) in [5.74, 6) is -0.0213. The molecule has 0 atom stereocenters. The van der Waals surface area contributed by atoms with Crippen LogP contribution in [-0.2, 0) is 10.2 Å². The lowest BCUT2D eigenvalue weighted by Gasteiger charge is -2.16. The van der Waals surface area contributed by atoms with Crippen LogP contribution in [0.15, 0.2) is 54.6 Å². The minimum Gasteiger partial charge on any atom is -0.355 e. The number of ketones is 1. The summed E-state index contributed by atoms with van der Waals surface area (Å²) in [6.45, 7) is 2.65. The van der Waals surface area contributed by atoms with Gasteiger partial charge in [0.2, 0.25) is 5.91 Å². The van der Waals surface area contributed by atoms with Gasteiger partial charge in [0.25, 0.3) is 0 Å². The summed E-state index contributed by atoms with van der Waals surface area (Å²) in [7, 11) is 0. The Labute approximate surface area is 143 Å². The molecule has 0 aliphatic heterocycles. The van der Waals surface area contributed by atoms with E-state index in [4.69, 9.17) is 0 Å². The lowest BCUT2D eigenvalue weighted by atomic mass is 9.96. The third-order valence-electron chi connectivity index (χ3n) is 4.82. The van der Waals surface area contributed by atoms with Crippen LogP contribution in [0, 0.1) is 6.92 Å². The molecular formula is C21H23NO2. The van der Waals surface area contributed by atoms with Crippen LogP contribution in [0.1, 0.15) is 47.2 Å². The van der Waals surface area contributed by atoms with Crippen molar-refractivity contribution in [1.29, 1.82) is 0 Å². The van der Waals surface area contributed by atoms with Crippen molar-refractivity contribution >= 4 is 11.7 Å². The van der Waals surface area contributed by atoms with Crippen molar-refractivity contribution in [1.82, 2.24) is 5.32 Å². The monoisotopic (exact) mass is 321 g/mol. The van der Waals surface area contributed by atoms with Crippen LogP contribution in [0.5, 0.6) is 0 Å². The van der Waals surface area contributed by atoms with Gasteiger partial charge in [-0.2, -0.15) is 0 Å². The van der Waals surface area contributed by atoms with E-state index in [0.717, 1.165) is 18.4 Å². The highest BCUT2D eigenvalue weighted by Gasteiger charge is 2.44.